The van der Waals surface area contributed by atoms with Crippen LogP contribution < -0.4 is 5.32 Å². The number of hydrogen-bond acceptors (Lipinski definition) is 4. The molecule has 0 radical (unpaired) electrons. The SMILES string of the molecule is CCCNCCN(C)CCC1CCS(=O)(=O)C1. The number of sulfone groups is 1. The highest BCUT2D eigenvalue weighted by atomic mass is 32.2. The number of nitrogens with one attached hydrogen (secondary N) is 1. The van der Waals surface area contributed by atoms with Crippen LogP contribution in [0.1, 0.15) is 26.2 Å². The van der Waals surface area contributed by atoms with Gasteiger partial charge in [-0.25, -0.2) is 8.42 Å². The lowest BCUT2D eigenvalue weighted by Gasteiger charge is -2.18. The Balaban J connectivity index is 2.06. The first-order chi connectivity index (χ1) is 8.03. The molecule has 0 spiro atoms. The van der Waals surface area contributed by atoms with Gasteiger partial charge in [-0.2, -0.15) is 0 Å². The second-order valence-electron chi connectivity index (χ2n) is 5.11. The fourth-order valence-electron chi connectivity index (χ4n) is 2.19. The van der Waals surface area contributed by atoms with Gasteiger partial charge >= 0.3 is 0 Å². The Kier molecular flexibility index (Phi) is 6.44. The first-order valence-corrected chi connectivity index (χ1v) is 8.45. The van der Waals surface area contributed by atoms with Crippen LogP contribution in [0.15, 0.2) is 0 Å². The lowest BCUT2D eigenvalue weighted by atomic mass is 10.1. The molecule has 102 valence electrons. The molecule has 0 aromatic heterocycles. The van der Waals surface area contributed by atoms with E-state index in [9.17, 15) is 8.42 Å². The third-order valence-electron chi connectivity index (χ3n) is 3.34. The summed E-state index contributed by atoms with van der Waals surface area (Å²) in [6.07, 6.45) is 3.05. The summed E-state index contributed by atoms with van der Waals surface area (Å²) in [6.45, 7) is 6.31. The maximum atomic E-state index is 11.3. The quantitative estimate of drug-likeness (QED) is 0.656. The second kappa shape index (κ2) is 7.34. The van der Waals surface area contributed by atoms with Gasteiger partial charge in [-0.1, -0.05) is 6.92 Å². The fraction of sp³-hybridized carbons (Fsp3) is 1.00. The first-order valence-electron chi connectivity index (χ1n) is 6.63. The van der Waals surface area contributed by atoms with Crippen molar-refractivity contribution in [2.24, 2.45) is 5.92 Å². The highest BCUT2D eigenvalue weighted by Gasteiger charge is 2.27. The topological polar surface area (TPSA) is 49.4 Å². The molecule has 1 heterocycles. The zero-order chi connectivity index (χ0) is 12.7. The lowest BCUT2D eigenvalue weighted by Crippen LogP contribution is -2.31. The summed E-state index contributed by atoms with van der Waals surface area (Å²) in [6, 6.07) is 0. The van der Waals surface area contributed by atoms with Crippen molar-refractivity contribution in [3.05, 3.63) is 0 Å². The van der Waals surface area contributed by atoms with Crippen molar-refractivity contribution in [2.75, 3.05) is 44.7 Å². The molecule has 0 aromatic carbocycles. The molecule has 0 bridgehead atoms. The Morgan fingerprint density at radius 1 is 1.29 bits per heavy atom. The van der Waals surface area contributed by atoms with E-state index in [1.165, 1.54) is 6.42 Å². The normalized spacial score (nSPS) is 23.4. The van der Waals surface area contributed by atoms with Gasteiger partial charge in [-0.3, -0.25) is 0 Å². The fourth-order valence-corrected chi connectivity index (χ4v) is 4.10. The van der Waals surface area contributed by atoms with Crippen LogP contribution in [-0.2, 0) is 9.84 Å². The lowest BCUT2D eigenvalue weighted by molar-refractivity contribution is 0.305. The van der Waals surface area contributed by atoms with E-state index in [0.29, 0.717) is 17.4 Å². The minimum atomic E-state index is -2.70. The van der Waals surface area contributed by atoms with Gasteiger partial charge in [0.15, 0.2) is 9.84 Å². The Bertz CT molecular complexity index is 304. The summed E-state index contributed by atoms with van der Waals surface area (Å²) in [5.41, 5.74) is 0. The molecule has 1 rings (SSSR count). The predicted octanol–water partition coefficient (Wildman–Crippen LogP) is 0.743. The van der Waals surface area contributed by atoms with Crippen molar-refractivity contribution in [1.29, 1.82) is 0 Å². The zero-order valence-corrected chi connectivity index (χ0v) is 11.9. The van der Waals surface area contributed by atoms with Crippen LogP contribution in [0.2, 0.25) is 0 Å². The number of nitrogens with zero attached hydrogens (tertiary/aromatic N) is 1. The Hall–Kier alpha value is -0.130. The average Bonchev–Trinajstić information content (AvgIpc) is 2.62. The van der Waals surface area contributed by atoms with Gasteiger partial charge in [0.2, 0.25) is 0 Å². The highest BCUT2D eigenvalue weighted by molar-refractivity contribution is 7.91. The summed E-state index contributed by atoms with van der Waals surface area (Å²) < 4.78 is 22.6. The Morgan fingerprint density at radius 2 is 2.06 bits per heavy atom. The van der Waals surface area contributed by atoms with E-state index in [-0.39, 0.29) is 0 Å². The van der Waals surface area contributed by atoms with E-state index in [1.54, 1.807) is 0 Å². The Morgan fingerprint density at radius 3 is 2.65 bits per heavy atom. The van der Waals surface area contributed by atoms with Gasteiger partial charge in [0, 0.05) is 13.1 Å². The molecule has 0 amide bonds. The average molecular weight is 262 g/mol. The molecule has 0 saturated carbocycles. The molecule has 1 fully saturated rings. The highest BCUT2D eigenvalue weighted by Crippen LogP contribution is 2.21. The summed E-state index contributed by atoms with van der Waals surface area (Å²) in [7, 11) is -0.590. The van der Waals surface area contributed by atoms with E-state index in [2.05, 4.69) is 24.2 Å². The minimum absolute atomic E-state index is 0.394. The second-order valence-corrected chi connectivity index (χ2v) is 7.34. The molecular formula is C12H26N2O2S. The van der Waals surface area contributed by atoms with Crippen LogP contribution in [0.3, 0.4) is 0 Å². The van der Waals surface area contributed by atoms with Crippen molar-refractivity contribution in [2.45, 2.75) is 26.2 Å². The van der Waals surface area contributed by atoms with Gasteiger partial charge in [0.25, 0.3) is 0 Å². The third-order valence-corrected chi connectivity index (χ3v) is 5.18. The van der Waals surface area contributed by atoms with Crippen molar-refractivity contribution in [3.8, 4) is 0 Å². The minimum Gasteiger partial charge on any atom is -0.315 e. The maximum Gasteiger partial charge on any atom is 0.150 e. The van der Waals surface area contributed by atoms with Crippen LogP contribution in [-0.4, -0.2) is 58.1 Å². The molecule has 17 heavy (non-hydrogen) atoms. The molecule has 0 aromatic rings. The largest absolute Gasteiger partial charge is 0.315 e. The summed E-state index contributed by atoms with van der Waals surface area (Å²) in [4.78, 5) is 2.29. The summed E-state index contributed by atoms with van der Waals surface area (Å²) in [5, 5.41) is 3.37. The molecule has 1 unspecified atom stereocenters. The van der Waals surface area contributed by atoms with E-state index in [0.717, 1.165) is 39.0 Å². The molecule has 1 N–H and O–H groups in total. The van der Waals surface area contributed by atoms with Crippen molar-refractivity contribution < 1.29 is 8.42 Å². The smallest absolute Gasteiger partial charge is 0.150 e. The molecule has 5 heteroatoms. The molecule has 1 atom stereocenters. The molecule has 0 aliphatic carbocycles. The van der Waals surface area contributed by atoms with Crippen LogP contribution in [0.5, 0.6) is 0 Å². The maximum absolute atomic E-state index is 11.3. The van der Waals surface area contributed by atoms with Crippen LogP contribution in [0.4, 0.5) is 0 Å². The molecule has 1 aliphatic heterocycles. The summed E-state index contributed by atoms with van der Waals surface area (Å²) >= 11 is 0. The van der Waals surface area contributed by atoms with E-state index in [1.807, 2.05) is 0 Å². The predicted molar refractivity (Wildman–Crippen MR) is 72.0 cm³/mol. The van der Waals surface area contributed by atoms with Crippen LogP contribution in [0, 0.1) is 5.92 Å². The third kappa shape index (κ3) is 6.38. The monoisotopic (exact) mass is 262 g/mol. The molecule has 1 aliphatic rings. The number of rotatable bonds is 8. The van der Waals surface area contributed by atoms with Gasteiger partial charge in [-0.15, -0.1) is 0 Å². The molecular weight excluding hydrogens is 236 g/mol. The summed E-state index contributed by atoms with van der Waals surface area (Å²) in [5.74, 6) is 1.21. The zero-order valence-electron chi connectivity index (χ0n) is 11.1. The van der Waals surface area contributed by atoms with E-state index < -0.39 is 9.84 Å². The van der Waals surface area contributed by atoms with Crippen molar-refractivity contribution in [1.82, 2.24) is 10.2 Å². The standard InChI is InChI=1S/C12H26N2O2S/c1-3-6-13-7-9-14(2)8-4-12-5-10-17(15,16)11-12/h12-13H,3-11H2,1-2H3. The molecule has 1 saturated heterocycles. The number of hydrogen-bond donors (Lipinski definition) is 1. The van der Waals surface area contributed by atoms with Gasteiger partial charge in [0.1, 0.15) is 0 Å². The van der Waals surface area contributed by atoms with Crippen LogP contribution >= 0.6 is 0 Å². The van der Waals surface area contributed by atoms with E-state index in [4.69, 9.17) is 0 Å². The van der Waals surface area contributed by atoms with Gasteiger partial charge in [0.05, 0.1) is 11.5 Å². The van der Waals surface area contributed by atoms with Crippen molar-refractivity contribution >= 4 is 9.84 Å². The van der Waals surface area contributed by atoms with Crippen molar-refractivity contribution in [3.63, 3.8) is 0 Å². The van der Waals surface area contributed by atoms with Crippen LogP contribution in [0.25, 0.3) is 0 Å². The first kappa shape index (κ1) is 14.9. The Labute approximate surface area is 106 Å². The van der Waals surface area contributed by atoms with Gasteiger partial charge in [-0.05, 0) is 45.3 Å². The van der Waals surface area contributed by atoms with Gasteiger partial charge < -0.3 is 10.2 Å². The number of likely N-dealkylation sites (N-methyl/N-ethyl adjacent to an activating group) is 1. The molecule has 4 nitrogen and oxygen atoms in total. The van der Waals surface area contributed by atoms with E-state index >= 15 is 0 Å².